The molecular weight excluding hydrogens is 148 g/mol. The highest BCUT2D eigenvalue weighted by Gasteiger charge is 2.13. The van der Waals surface area contributed by atoms with Gasteiger partial charge in [-0.3, -0.25) is 0 Å². The van der Waals surface area contributed by atoms with E-state index < -0.39 is 0 Å². The third-order valence-electron chi connectivity index (χ3n) is 2.70. The first-order chi connectivity index (χ1) is 5.74. The first-order valence-corrected chi connectivity index (χ1v) is 4.67. The fourth-order valence-corrected chi connectivity index (χ4v) is 1.69. The number of aliphatic hydroxyl groups excluding tert-OH is 1. The van der Waals surface area contributed by atoms with Crippen LogP contribution >= 0.6 is 0 Å². The highest BCUT2D eigenvalue weighted by molar-refractivity contribution is 5.12. The summed E-state index contributed by atoms with van der Waals surface area (Å²) < 4.78 is 0. The van der Waals surface area contributed by atoms with Crippen molar-refractivity contribution in [3.63, 3.8) is 0 Å². The van der Waals surface area contributed by atoms with E-state index in [9.17, 15) is 0 Å². The van der Waals surface area contributed by atoms with Gasteiger partial charge in [-0.15, -0.1) is 0 Å². The standard InChI is InChI=1S/C11H18O/c1-9-3-5-11(6-4-9)10(2)7-8-12/h3,7,11-12H,4-6,8H2,1-2H3/b10-7+/t11-/m1/s1. The molecule has 1 nitrogen and oxygen atoms in total. The summed E-state index contributed by atoms with van der Waals surface area (Å²) in [5, 5.41) is 8.73. The van der Waals surface area contributed by atoms with E-state index in [2.05, 4.69) is 19.9 Å². The zero-order valence-corrected chi connectivity index (χ0v) is 8.01. The van der Waals surface area contributed by atoms with Crippen LogP contribution in [0.15, 0.2) is 23.3 Å². The predicted octanol–water partition coefficient (Wildman–Crippen LogP) is 2.67. The maximum Gasteiger partial charge on any atom is 0.0615 e. The summed E-state index contributed by atoms with van der Waals surface area (Å²) in [5.74, 6) is 0.681. The lowest BCUT2D eigenvalue weighted by Crippen LogP contribution is -2.06. The molecule has 0 saturated carbocycles. The maximum atomic E-state index is 8.73. The van der Waals surface area contributed by atoms with Gasteiger partial charge in [0.25, 0.3) is 0 Å². The third-order valence-corrected chi connectivity index (χ3v) is 2.70. The number of allylic oxidation sites excluding steroid dienone is 3. The topological polar surface area (TPSA) is 20.2 Å². The minimum atomic E-state index is 0.186. The van der Waals surface area contributed by atoms with Crippen molar-refractivity contribution in [2.45, 2.75) is 33.1 Å². The molecule has 0 fully saturated rings. The maximum absolute atomic E-state index is 8.73. The Balaban J connectivity index is 2.51. The molecule has 1 heteroatoms. The Morgan fingerprint density at radius 1 is 1.75 bits per heavy atom. The Kier molecular flexibility index (Phi) is 3.54. The second-order valence-corrected chi connectivity index (χ2v) is 3.65. The second-order valence-electron chi connectivity index (χ2n) is 3.65. The average molecular weight is 166 g/mol. The third kappa shape index (κ3) is 2.49. The van der Waals surface area contributed by atoms with Crippen molar-refractivity contribution in [1.82, 2.24) is 0 Å². The van der Waals surface area contributed by atoms with Gasteiger partial charge < -0.3 is 5.11 Å². The van der Waals surface area contributed by atoms with Crippen LogP contribution in [-0.2, 0) is 0 Å². The van der Waals surface area contributed by atoms with Crippen molar-refractivity contribution in [3.8, 4) is 0 Å². The summed E-state index contributed by atoms with van der Waals surface area (Å²) in [6, 6.07) is 0. The van der Waals surface area contributed by atoms with Gasteiger partial charge in [-0.2, -0.15) is 0 Å². The SMILES string of the molecule is CC1=CC[C@@H](/C(C)=C/CO)CC1. The van der Waals surface area contributed by atoms with E-state index >= 15 is 0 Å². The summed E-state index contributed by atoms with van der Waals surface area (Å²) in [6.45, 7) is 4.50. The van der Waals surface area contributed by atoms with Crippen LogP contribution in [0.1, 0.15) is 33.1 Å². The lowest BCUT2D eigenvalue weighted by atomic mass is 9.85. The summed E-state index contributed by atoms with van der Waals surface area (Å²) >= 11 is 0. The summed E-state index contributed by atoms with van der Waals surface area (Å²) in [7, 11) is 0. The minimum Gasteiger partial charge on any atom is -0.392 e. The predicted molar refractivity (Wildman–Crippen MR) is 51.9 cm³/mol. The van der Waals surface area contributed by atoms with Crippen LogP contribution in [0.5, 0.6) is 0 Å². The molecule has 0 heterocycles. The quantitative estimate of drug-likeness (QED) is 0.625. The molecule has 68 valence electrons. The molecule has 1 rings (SSSR count). The smallest absolute Gasteiger partial charge is 0.0615 e. The van der Waals surface area contributed by atoms with Gasteiger partial charge >= 0.3 is 0 Å². The van der Waals surface area contributed by atoms with E-state index in [1.807, 2.05) is 6.08 Å². The van der Waals surface area contributed by atoms with Crippen LogP contribution in [0.4, 0.5) is 0 Å². The number of hydrogen-bond acceptors (Lipinski definition) is 1. The second kappa shape index (κ2) is 4.46. The molecule has 0 aromatic carbocycles. The molecule has 0 aromatic rings. The number of hydrogen-bond donors (Lipinski definition) is 1. The van der Waals surface area contributed by atoms with E-state index in [4.69, 9.17) is 5.11 Å². The molecule has 0 saturated heterocycles. The van der Waals surface area contributed by atoms with E-state index in [-0.39, 0.29) is 6.61 Å². The fourth-order valence-electron chi connectivity index (χ4n) is 1.69. The highest BCUT2D eigenvalue weighted by Crippen LogP contribution is 2.28. The molecule has 1 atom stereocenters. The molecule has 12 heavy (non-hydrogen) atoms. The van der Waals surface area contributed by atoms with Gasteiger partial charge in [-0.05, 0) is 39.0 Å². The normalized spacial score (nSPS) is 25.4. The summed E-state index contributed by atoms with van der Waals surface area (Å²) in [5.41, 5.74) is 2.87. The van der Waals surface area contributed by atoms with E-state index in [0.29, 0.717) is 5.92 Å². The van der Waals surface area contributed by atoms with Crippen LogP contribution in [0, 0.1) is 5.92 Å². The van der Waals surface area contributed by atoms with Crippen LogP contribution in [0.25, 0.3) is 0 Å². The van der Waals surface area contributed by atoms with Gasteiger partial charge in [-0.1, -0.05) is 23.3 Å². The molecule has 0 aromatic heterocycles. The molecular formula is C11H18O. The lowest BCUT2D eigenvalue weighted by molar-refractivity contribution is 0.340. The molecule has 0 unspecified atom stereocenters. The minimum absolute atomic E-state index is 0.186. The van der Waals surface area contributed by atoms with E-state index in [0.717, 1.165) is 6.42 Å². The van der Waals surface area contributed by atoms with Crippen molar-refractivity contribution >= 4 is 0 Å². The molecule has 0 amide bonds. The monoisotopic (exact) mass is 166 g/mol. The lowest BCUT2D eigenvalue weighted by Gasteiger charge is -2.20. The molecule has 0 radical (unpaired) electrons. The van der Waals surface area contributed by atoms with E-state index in [1.54, 1.807) is 0 Å². The van der Waals surface area contributed by atoms with Crippen molar-refractivity contribution in [2.24, 2.45) is 5.92 Å². The Morgan fingerprint density at radius 2 is 2.50 bits per heavy atom. The molecule has 0 spiro atoms. The first kappa shape index (κ1) is 9.53. The Hall–Kier alpha value is -0.560. The van der Waals surface area contributed by atoms with Gasteiger partial charge in [0.2, 0.25) is 0 Å². The van der Waals surface area contributed by atoms with Crippen LogP contribution in [-0.4, -0.2) is 11.7 Å². The fraction of sp³-hybridized carbons (Fsp3) is 0.636. The average Bonchev–Trinajstić information content (AvgIpc) is 2.06. The first-order valence-electron chi connectivity index (χ1n) is 4.67. The summed E-state index contributed by atoms with van der Waals surface area (Å²) in [4.78, 5) is 0. The molecule has 1 aliphatic rings. The molecule has 1 aliphatic carbocycles. The van der Waals surface area contributed by atoms with Crippen molar-refractivity contribution < 1.29 is 5.11 Å². The van der Waals surface area contributed by atoms with Crippen molar-refractivity contribution in [3.05, 3.63) is 23.3 Å². The molecule has 0 aliphatic heterocycles. The van der Waals surface area contributed by atoms with E-state index in [1.165, 1.54) is 24.0 Å². The molecule has 1 N–H and O–H groups in total. The largest absolute Gasteiger partial charge is 0.392 e. The van der Waals surface area contributed by atoms with Gasteiger partial charge in [0.15, 0.2) is 0 Å². The van der Waals surface area contributed by atoms with Crippen LogP contribution in [0.2, 0.25) is 0 Å². The van der Waals surface area contributed by atoms with Gasteiger partial charge in [0.1, 0.15) is 0 Å². The highest BCUT2D eigenvalue weighted by atomic mass is 16.2. The van der Waals surface area contributed by atoms with Gasteiger partial charge in [0.05, 0.1) is 6.61 Å². The Morgan fingerprint density at radius 3 is 3.00 bits per heavy atom. The number of aliphatic hydroxyl groups is 1. The molecule has 0 bridgehead atoms. The van der Waals surface area contributed by atoms with Gasteiger partial charge in [-0.25, -0.2) is 0 Å². The Labute approximate surface area is 74.8 Å². The zero-order valence-electron chi connectivity index (χ0n) is 8.01. The van der Waals surface area contributed by atoms with Crippen LogP contribution in [0.3, 0.4) is 0 Å². The number of rotatable bonds is 2. The summed E-state index contributed by atoms with van der Waals surface area (Å²) in [6.07, 6.45) is 7.89. The van der Waals surface area contributed by atoms with Crippen molar-refractivity contribution in [2.75, 3.05) is 6.61 Å². The van der Waals surface area contributed by atoms with Gasteiger partial charge in [0, 0.05) is 0 Å². The van der Waals surface area contributed by atoms with Crippen molar-refractivity contribution in [1.29, 1.82) is 0 Å². The van der Waals surface area contributed by atoms with Crippen LogP contribution < -0.4 is 0 Å². The zero-order chi connectivity index (χ0) is 8.97. The Bertz CT molecular complexity index is 201.